The smallest absolute Gasteiger partial charge is 0.303 e. The van der Waals surface area contributed by atoms with Gasteiger partial charge in [0, 0.05) is 34.9 Å². The van der Waals surface area contributed by atoms with Gasteiger partial charge in [0.2, 0.25) is 0 Å². The second kappa shape index (κ2) is 9.97. The molecule has 14 heteroatoms. The molecule has 2 N–H and O–H groups in total. The number of esters is 3. The second-order valence-corrected chi connectivity index (χ2v) is 6.74. The van der Waals surface area contributed by atoms with Crippen LogP contribution in [0.3, 0.4) is 0 Å². The van der Waals surface area contributed by atoms with Crippen LogP contribution >= 0.6 is 0 Å². The fourth-order valence-corrected chi connectivity index (χ4v) is 2.84. The summed E-state index contributed by atoms with van der Waals surface area (Å²) in [7, 11) is 3.21. The van der Waals surface area contributed by atoms with Gasteiger partial charge in [-0.2, -0.15) is 5.10 Å². The fraction of sp³-hybridized carbons (Fsp3) is 0.588. The van der Waals surface area contributed by atoms with Gasteiger partial charge in [0.1, 0.15) is 18.3 Å². The Bertz CT molecular complexity index is 882. The summed E-state index contributed by atoms with van der Waals surface area (Å²) in [5.74, 6) is -2.85. The summed E-state index contributed by atoms with van der Waals surface area (Å²) in [6.07, 6.45) is -3.37. The maximum atomic E-state index is 11.8. The Labute approximate surface area is 177 Å². The number of primary amides is 1. The van der Waals surface area contributed by atoms with Crippen LogP contribution in [0.5, 0.6) is 0 Å². The van der Waals surface area contributed by atoms with Gasteiger partial charge in [-0.3, -0.25) is 24.2 Å². The van der Waals surface area contributed by atoms with Gasteiger partial charge in [-0.25, -0.2) is 4.68 Å². The van der Waals surface area contributed by atoms with E-state index in [9.17, 15) is 19.2 Å². The minimum atomic E-state index is -1.20. The second-order valence-electron chi connectivity index (χ2n) is 6.74. The molecule has 31 heavy (non-hydrogen) atoms. The van der Waals surface area contributed by atoms with Crippen LogP contribution in [0.1, 0.15) is 37.4 Å². The molecule has 170 valence electrons. The van der Waals surface area contributed by atoms with Crippen LogP contribution in [-0.2, 0) is 33.3 Å². The molecule has 2 rings (SSSR count). The first-order chi connectivity index (χ1) is 14.5. The van der Waals surface area contributed by atoms with Crippen molar-refractivity contribution >= 4 is 29.6 Å². The van der Waals surface area contributed by atoms with Crippen molar-refractivity contribution in [3.05, 3.63) is 11.8 Å². The van der Waals surface area contributed by atoms with Crippen LogP contribution in [0.25, 0.3) is 0 Å². The molecule has 0 aromatic carbocycles. The molecule has 1 fully saturated rings. The zero-order chi connectivity index (χ0) is 23.3. The molecule has 14 nitrogen and oxygen atoms in total. The molecule has 1 aromatic rings. The van der Waals surface area contributed by atoms with Crippen molar-refractivity contribution in [1.82, 2.24) is 14.8 Å². The lowest BCUT2D eigenvalue weighted by Gasteiger charge is -2.23. The molecule has 0 unspecified atom stereocenters. The van der Waals surface area contributed by atoms with Crippen molar-refractivity contribution in [3.8, 4) is 0 Å². The number of nitrogens with zero attached hydrogens (tertiary/aromatic N) is 5. The lowest BCUT2D eigenvalue weighted by molar-refractivity contribution is -0.166. The number of carbonyl (C=O) groups is 4. The Morgan fingerprint density at radius 2 is 1.74 bits per heavy atom. The molecular formula is C17H24N6O8. The molecule has 1 aromatic heterocycles. The van der Waals surface area contributed by atoms with Gasteiger partial charge in [0.25, 0.3) is 5.91 Å². The third kappa shape index (κ3) is 5.97. The number of aromatic nitrogens is 2. The molecule has 1 aliphatic heterocycles. The van der Waals surface area contributed by atoms with E-state index in [0.717, 1.165) is 24.7 Å². The Balaban J connectivity index is 2.53. The highest BCUT2D eigenvalue weighted by Crippen LogP contribution is 2.37. The largest absolute Gasteiger partial charge is 0.463 e. The highest BCUT2D eigenvalue weighted by Gasteiger charge is 2.51. The predicted octanol–water partition coefficient (Wildman–Crippen LogP) is -0.134. The first-order valence-corrected chi connectivity index (χ1v) is 9.10. The number of hydrogen-bond donors (Lipinski definition) is 1. The van der Waals surface area contributed by atoms with Crippen molar-refractivity contribution in [2.24, 2.45) is 16.1 Å². The van der Waals surface area contributed by atoms with Crippen LogP contribution in [0.15, 0.2) is 16.5 Å². The Morgan fingerprint density at radius 3 is 2.26 bits per heavy atom. The molecule has 1 saturated heterocycles. The molecule has 0 bridgehead atoms. The van der Waals surface area contributed by atoms with Gasteiger partial charge in [0.15, 0.2) is 24.3 Å². The van der Waals surface area contributed by atoms with Crippen molar-refractivity contribution in [3.63, 3.8) is 0 Å². The number of amides is 1. The van der Waals surface area contributed by atoms with E-state index in [1.165, 1.54) is 11.9 Å². The summed E-state index contributed by atoms with van der Waals surface area (Å²) in [5, 5.41) is 13.3. The Hall–Kier alpha value is -3.55. The fourth-order valence-electron chi connectivity index (χ4n) is 2.84. The van der Waals surface area contributed by atoms with Crippen LogP contribution in [-0.4, -0.2) is 77.6 Å². The molecule has 2 heterocycles. The van der Waals surface area contributed by atoms with E-state index in [-0.39, 0.29) is 18.0 Å². The van der Waals surface area contributed by atoms with E-state index in [1.54, 1.807) is 14.1 Å². The summed E-state index contributed by atoms with van der Waals surface area (Å²) in [6, 6.07) is 0. The monoisotopic (exact) mass is 440 g/mol. The number of rotatable bonds is 8. The average molecular weight is 440 g/mol. The number of ether oxygens (including phenoxy) is 4. The van der Waals surface area contributed by atoms with Gasteiger partial charge >= 0.3 is 17.9 Å². The molecule has 0 aliphatic carbocycles. The van der Waals surface area contributed by atoms with Crippen molar-refractivity contribution < 1.29 is 38.1 Å². The molecule has 0 spiro atoms. The summed E-state index contributed by atoms with van der Waals surface area (Å²) in [5.41, 5.74) is 5.32. The number of nitrogens with two attached hydrogens (primary N) is 1. The van der Waals surface area contributed by atoms with Crippen LogP contribution in [0, 0.1) is 0 Å². The Kier molecular flexibility index (Phi) is 7.63. The van der Waals surface area contributed by atoms with E-state index in [1.807, 2.05) is 0 Å². The SMILES string of the molecule is CC(=O)OC[C@H]1O[C@@H](n2ncc(C(N)=O)c2/N=N/N(C)C)[C@H](OC(C)=O)[C@@H]1OC(C)=O. The third-order valence-corrected chi connectivity index (χ3v) is 3.93. The molecular weight excluding hydrogens is 416 g/mol. The van der Waals surface area contributed by atoms with E-state index in [4.69, 9.17) is 24.7 Å². The van der Waals surface area contributed by atoms with Crippen molar-refractivity contribution in [2.45, 2.75) is 45.3 Å². The van der Waals surface area contributed by atoms with Crippen LogP contribution < -0.4 is 5.73 Å². The molecule has 4 atom stereocenters. The number of hydrogen-bond acceptors (Lipinski definition) is 11. The zero-order valence-electron chi connectivity index (χ0n) is 17.7. The summed E-state index contributed by atoms with van der Waals surface area (Å²) >= 11 is 0. The van der Waals surface area contributed by atoms with E-state index < -0.39 is 48.4 Å². The molecule has 0 saturated carbocycles. The van der Waals surface area contributed by atoms with E-state index in [0.29, 0.717) is 0 Å². The van der Waals surface area contributed by atoms with Crippen LogP contribution in [0.2, 0.25) is 0 Å². The summed E-state index contributed by atoms with van der Waals surface area (Å²) in [6.45, 7) is 3.23. The molecule has 1 aliphatic rings. The third-order valence-electron chi connectivity index (χ3n) is 3.93. The zero-order valence-corrected chi connectivity index (χ0v) is 17.7. The van der Waals surface area contributed by atoms with Gasteiger partial charge in [0.05, 0.1) is 6.20 Å². The van der Waals surface area contributed by atoms with Crippen molar-refractivity contribution in [2.75, 3.05) is 20.7 Å². The summed E-state index contributed by atoms with van der Waals surface area (Å²) in [4.78, 5) is 46.4. The minimum Gasteiger partial charge on any atom is -0.463 e. The van der Waals surface area contributed by atoms with Gasteiger partial charge in [-0.15, -0.1) is 5.11 Å². The average Bonchev–Trinajstić information content (AvgIpc) is 3.19. The molecule has 0 radical (unpaired) electrons. The summed E-state index contributed by atoms with van der Waals surface area (Å²) < 4.78 is 22.6. The van der Waals surface area contributed by atoms with Gasteiger partial charge in [-0.1, -0.05) is 5.22 Å². The lowest BCUT2D eigenvalue weighted by atomic mass is 10.1. The van der Waals surface area contributed by atoms with E-state index >= 15 is 0 Å². The normalized spacial score (nSPS) is 22.9. The standard InChI is InChI=1S/C17H24N6O8/c1-8(24)28-7-12-13(29-9(2)25)14(30-10(3)26)17(31-12)23-16(20-21-22(4)5)11(6-19-23)15(18)27/h6,12-14,17H,7H2,1-5H3,(H2,18,27)/b21-20+/t12-,13-,14-,17-/m1/s1. The maximum absolute atomic E-state index is 11.8. The minimum absolute atomic E-state index is 0.0664. The maximum Gasteiger partial charge on any atom is 0.303 e. The van der Waals surface area contributed by atoms with Gasteiger partial charge < -0.3 is 24.7 Å². The topological polar surface area (TPSA) is 177 Å². The highest BCUT2D eigenvalue weighted by molar-refractivity contribution is 5.96. The van der Waals surface area contributed by atoms with Crippen LogP contribution in [0.4, 0.5) is 5.82 Å². The first-order valence-electron chi connectivity index (χ1n) is 9.10. The Morgan fingerprint density at radius 1 is 1.13 bits per heavy atom. The van der Waals surface area contributed by atoms with E-state index in [2.05, 4.69) is 15.4 Å². The van der Waals surface area contributed by atoms with Crippen molar-refractivity contribution in [1.29, 1.82) is 0 Å². The predicted molar refractivity (Wildman–Crippen MR) is 101 cm³/mol. The first kappa shape index (κ1) is 23.7. The van der Waals surface area contributed by atoms with Gasteiger partial charge in [-0.05, 0) is 0 Å². The molecule has 1 amide bonds. The quantitative estimate of drug-likeness (QED) is 0.248. The number of carbonyl (C=O) groups excluding carboxylic acids is 4. The highest BCUT2D eigenvalue weighted by atomic mass is 16.7. The lowest BCUT2D eigenvalue weighted by Crippen LogP contribution is -2.40.